The van der Waals surface area contributed by atoms with Gasteiger partial charge in [-0.3, -0.25) is 14.9 Å². The monoisotopic (exact) mass is 396 g/mol. The number of rotatable bonds is 4. The van der Waals surface area contributed by atoms with Crippen LogP contribution in [0.5, 0.6) is 0 Å². The number of aryl methyl sites for hydroxylation is 2. The van der Waals surface area contributed by atoms with Crippen LogP contribution in [-0.2, 0) is 9.59 Å². The van der Waals surface area contributed by atoms with Gasteiger partial charge in [-0.05, 0) is 31.0 Å². The molecule has 2 N–H and O–H groups in total. The molecule has 5 rings (SSSR count). The number of benzene rings is 1. The van der Waals surface area contributed by atoms with E-state index in [9.17, 15) is 14.4 Å². The Bertz CT molecular complexity index is 953. The van der Waals surface area contributed by atoms with Crippen molar-refractivity contribution in [1.82, 2.24) is 14.7 Å². The van der Waals surface area contributed by atoms with Gasteiger partial charge in [-0.15, -0.1) is 0 Å². The van der Waals surface area contributed by atoms with Crippen molar-refractivity contribution in [1.29, 1.82) is 0 Å². The number of hydrogen-bond donors (Lipinski definition) is 2. The van der Waals surface area contributed by atoms with Crippen LogP contribution in [0.3, 0.4) is 0 Å². The van der Waals surface area contributed by atoms with Gasteiger partial charge in [0.05, 0.1) is 5.70 Å². The topological polar surface area (TPSA) is 92.5 Å². The second kappa shape index (κ2) is 7.27. The van der Waals surface area contributed by atoms with Crippen molar-refractivity contribution in [2.45, 2.75) is 13.8 Å². The Morgan fingerprint density at radius 3 is 2.07 bits per heavy atom. The molecule has 1 amide bonds. The summed E-state index contributed by atoms with van der Waals surface area (Å²) in [4.78, 5) is 40.8. The van der Waals surface area contributed by atoms with Gasteiger partial charge in [0.1, 0.15) is 11.4 Å². The third kappa shape index (κ3) is 4.26. The molecule has 3 saturated heterocycles. The van der Waals surface area contributed by atoms with Crippen LogP contribution in [0.4, 0.5) is 10.5 Å². The molecule has 0 spiro atoms. The lowest BCUT2D eigenvalue weighted by Crippen LogP contribution is -2.29. The van der Waals surface area contributed by atoms with Gasteiger partial charge in [-0.2, -0.15) is 0 Å². The fourth-order valence-electron chi connectivity index (χ4n) is 3.26. The number of nitrogens with zero attached hydrogens (tertiary/aromatic N) is 3. The maximum atomic E-state index is 12.4. The number of nitrogens with one attached hydrogen (secondary N) is 1. The zero-order valence-electron chi connectivity index (χ0n) is 16.6. The summed E-state index contributed by atoms with van der Waals surface area (Å²) in [5, 5.41) is 10.8. The quantitative estimate of drug-likeness (QED) is 0.590. The molecule has 0 saturated carbocycles. The Labute approximate surface area is 169 Å². The van der Waals surface area contributed by atoms with Crippen LogP contribution in [0, 0.1) is 13.8 Å². The predicted octanol–water partition coefficient (Wildman–Crippen LogP) is 1.57. The van der Waals surface area contributed by atoms with Crippen molar-refractivity contribution in [3.8, 4) is 0 Å². The summed E-state index contributed by atoms with van der Waals surface area (Å²) in [5.41, 5.74) is 4.52. The first kappa shape index (κ1) is 19.0. The van der Waals surface area contributed by atoms with E-state index in [1.54, 1.807) is 0 Å². The number of carbonyl (C=O) groups excluding carboxylic acids is 2. The van der Waals surface area contributed by atoms with E-state index in [0.29, 0.717) is 22.8 Å². The van der Waals surface area contributed by atoms with E-state index in [1.165, 1.54) is 6.08 Å². The first-order chi connectivity index (χ1) is 13.8. The van der Waals surface area contributed by atoms with Crippen LogP contribution in [0.25, 0.3) is 0 Å². The number of anilines is 1. The Balaban J connectivity index is 0.000000152. The molecule has 1 aromatic carbocycles. The minimum atomic E-state index is -1.02. The van der Waals surface area contributed by atoms with Crippen LogP contribution in [-0.4, -0.2) is 76.7 Å². The van der Waals surface area contributed by atoms with Gasteiger partial charge in [0, 0.05) is 51.0 Å². The first-order valence-corrected chi connectivity index (χ1v) is 9.72. The molecule has 0 radical (unpaired) electrons. The van der Waals surface area contributed by atoms with Gasteiger partial charge >= 0.3 is 6.09 Å². The van der Waals surface area contributed by atoms with E-state index in [0.717, 1.165) is 50.4 Å². The minimum Gasteiger partial charge on any atom is -0.465 e. The van der Waals surface area contributed by atoms with Gasteiger partial charge in [-0.1, -0.05) is 12.1 Å². The highest BCUT2D eigenvalue weighted by atomic mass is 16.4. The number of hydrogen-bond acceptors (Lipinski definition) is 6. The first-order valence-electron chi connectivity index (χ1n) is 9.72. The van der Waals surface area contributed by atoms with E-state index in [2.05, 4.69) is 5.32 Å². The normalized spacial score (nSPS) is 19.5. The zero-order chi connectivity index (χ0) is 20.7. The van der Waals surface area contributed by atoms with E-state index >= 15 is 0 Å². The molecular formula is C21H24N4O4. The van der Waals surface area contributed by atoms with Crippen molar-refractivity contribution in [2.75, 3.05) is 44.6 Å². The molecule has 1 aromatic rings. The van der Waals surface area contributed by atoms with E-state index < -0.39 is 6.09 Å². The molecule has 8 heteroatoms. The second-order valence-corrected chi connectivity index (χ2v) is 7.63. The Morgan fingerprint density at radius 2 is 1.52 bits per heavy atom. The van der Waals surface area contributed by atoms with Crippen molar-refractivity contribution in [2.24, 2.45) is 0 Å². The van der Waals surface area contributed by atoms with E-state index in [-0.39, 0.29) is 11.6 Å². The molecule has 0 aromatic heterocycles. The molecular weight excluding hydrogens is 372 g/mol. The Kier molecular flexibility index (Phi) is 4.77. The maximum absolute atomic E-state index is 12.4. The standard InChI is InChI=1S/C12H13N3O2.C9H11NO2/c16-9-7-8(13-1-2-13)12(17)11(15-5-6-15)10(9)14-3-4-14;1-6-3-4-7(2)8(5-6)10-9(11)12/h7H,1-6H2;3-5,10H,1-2H3,(H,11,12). The molecule has 0 atom stereocenters. The van der Waals surface area contributed by atoms with Gasteiger partial charge in [0.2, 0.25) is 11.6 Å². The zero-order valence-corrected chi connectivity index (χ0v) is 16.6. The third-order valence-corrected chi connectivity index (χ3v) is 5.12. The van der Waals surface area contributed by atoms with Gasteiger partial charge < -0.3 is 19.8 Å². The average Bonchev–Trinajstić information content (AvgIpc) is 3.52. The van der Waals surface area contributed by atoms with E-state index in [4.69, 9.17) is 5.11 Å². The van der Waals surface area contributed by atoms with E-state index in [1.807, 2.05) is 46.7 Å². The molecule has 3 fully saturated rings. The molecule has 0 unspecified atom stereocenters. The number of allylic oxidation sites excluding steroid dienone is 1. The second-order valence-electron chi connectivity index (χ2n) is 7.63. The summed E-state index contributed by atoms with van der Waals surface area (Å²) < 4.78 is 0. The molecule has 0 bridgehead atoms. The van der Waals surface area contributed by atoms with Crippen molar-refractivity contribution in [3.05, 3.63) is 52.5 Å². The summed E-state index contributed by atoms with van der Waals surface area (Å²) in [6.45, 7) is 9.20. The smallest absolute Gasteiger partial charge is 0.409 e. The van der Waals surface area contributed by atoms with Crippen molar-refractivity contribution in [3.63, 3.8) is 0 Å². The summed E-state index contributed by atoms with van der Waals surface area (Å²) in [6, 6.07) is 5.65. The SMILES string of the molecule is Cc1ccc(C)c(NC(=O)O)c1.O=C1C=C(N2CC2)C(=O)C(N2CC2)=C1N1CC1. The van der Waals surface area contributed by atoms with Crippen LogP contribution in [0.15, 0.2) is 41.4 Å². The average molecular weight is 396 g/mol. The molecule has 3 heterocycles. The van der Waals surface area contributed by atoms with Gasteiger partial charge in [-0.25, -0.2) is 4.79 Å². The number of ketones is 2. The Hall–Kier alpha value is -3.29. The highest BCUT2D eigenvalue weighted by Crippen LogP contribution is 2.33. The summed E-state index contributed by atoms with van der Waals surface area (Å²) in [6.07, 6.45) is 0.499. The number of carbonyl (C=O) groups is 3. The summed E-state index contributed by atoms with van der Waals surface area (Å²) >= 11 is 0. The fraction of sp³-hybridized carbons (Fsp3) is 0.381. The summed E-state index contributed by atoms with van der Waals surface area (Å²) in [7, 11) is 0. The molecule has 152 valence electrons. The molecule has 1 aliphatic carbocycles. The van der Waals surface area contributed by atoms with Crippen LogP contribution in [0.2, 0.25) is 0 Å². The Morgan fingerprint density at radius 1 is 0.931 bits per heavy atom. The van der Waals surface area contributed by atoms with Crippen LogP contribution >= 0.6 is 0 Å². The van der Waals surface area contributed by atoms with Crippen molar-refractivity contribution >= 4 is 23.3 Å². The molecule has 4 aliphatic rings. The predicted molar refractivity (Wildman–Crippen MR) is 107 cm³/mol. The molecule has 29 heavy (non-hydrogen) atoms. The van der Waals surface area contributed by atoms with Gasteiger partial charge in [0.15, 0.2) is 0 Å². The highest BCUT2D eigenvalue weighted by molar-refractivity contribution is 6.22. The lowest BCUT2D eigenvalue weighted by molar-refractivity contribution is -0.117. The maximum Gasteiger partial charge on any atom is 0.409 e. The largest absolute Gasteiger partial charge is 0.465 e. The van der Waals surface area contributed by atoms with Crippen LogP contribution < -0.4 is 5.32 Å². The number of amides is 1. The van der Waals surface area contributed by atoms with Gasteiger partial charge in [0.25, 0.3) is 0 Å². The number of Topliss-reactive ketones (excluding diaryl/α,β-unsaturated/α-hetero) is 1. The molecule has 3 aliphatic heterocycles. The summed E-state index contributed by atoms with van der Waals surface area (Å²) in [5.74, 6) is 0.0485. The lowest BCUT2D eigenvalue weighted by Gasteiger charge is -2.21. The van der Waals surface area contributed by atoms with Crippen molar-refractivity contribution < 1.29 is 19.5 Å². The minimum absolute atomic E-state index is 0.00546. The number of carboxylic acid groups (broad SMARTS) is 1. The fourth-order valence-corrected chi connectivity index (χ4v) is 3.26. The third-order valence-electron chi connectivity index (χ3n) is 5.12. The van der Waals surface area contributed by atoms with Crippen LogP contribution in [0.1, 0.15) is 11.1 Å². The molecule has 8 nitrogen and oxygen atoms in total. The highest BCUT2D eigenvalue weighted by Gasteiger charge is 2.43. The lowest BCUT2D eigenvalue weighted by atomic mass is 10.0.